The molecule has 0 saturated carbocycles. The SMILES string of the molecule is CN(C)c1cccc2c(SNCCCCC(N[C-]=O)C(=O)O)cccc12.[Fm]. The quantitative estimate of drug-likeness (QED) is 0.153. The molecule has 6 nitrogen and oxygen atoms in total. The number of fused-ring (bicyclic) bond motifs is 1. The molecule has 0 saturated heterocycles. The molecule has 2 aromatic rings. The maximum atomic E-state index is 10.9. The first-order chi connectivity index (χ1) is 12.5. The minimum Gasteiger partial charge on any atom is -0.520 e. The van der Waals surface area contributed by atoms with Crippen LogP contribution in [0.25, 0.3) is 10.8 Å². The van der Waals surface area contributed by atoms with Crippen molar-refractivity contribution < 1.29 is 14.7 Å². The third kappa shape index (κ3) is 5.90. The number of hydrogen-bond acceptors (Lipinski definition) is 5. The largest absolute Gasteiger partial charge is 0.520 e. The molecule has 27 heavy (non-hydrogen) atoms. The molecule has 3 N–H and O–H groups in total. The maximum Gasteiger partial charge on any atom is 0.323 e. The third-order valence-electron chi connectivity index (χ3n) is 4.08. The number of carboxylic acid groups (broad SMARTS) is 1. The van der Waals surface area contributed by atoms with Crippen molar-refractivity contribution in [1.29, 1.82) is 0 Å². The van der Waals surface area contributed by atoms with Gasteiger partial charge in [0.1, 0.15) is 0 Å². The summed E-state index contributed by atoms with van der Waals surface area (Å²) in [7, 11) is 4.07. The van der Waals surface area contributed by atoms with Crippen LogP contribution in [-0.2, 0) is 9.59 Å². The predicted molar refractivity (Wildman–Crippen MR) is 106 cm³/mol. The molecule has 152 valence electrons. The molecule has 0 aliphatic heterocycles. The second kappa shape index (κ2) is 10.7. The van der Waals surface area contributed by atoms with Gasteiger partial charge in [-0.15, -0.1) is 0 Å². The molecule has 0 aliphatic carbocycles. The molecule has 2 aromatic carbocycles. The van der Waals surface area contributed by atoms with E-state index in [0.717, 1.165) is 17.9 Å². The fraction of sp³-hybridized carbons (Fsp3) is 0.368. The summed E-state index contributed by atoms with van der Waals surface area (Å²) in [5, 5.41) is 13.6. The second-order valence-electron chi connectivity index (χ2n) is 6.15. The van der Waals surface area contributed by atoms with E-state index in [1.807, 2.05) is 14.1 Å². The van der Waals surface area contributed by atoms with E-state index in [-0.39, 0.29) is 0 Å². The Labute approximate surface area is 158 Å². The average Bonchev–Trinajstić information content (AvgIpc) is 2.62. The fourth-order valence-electron chi connectivity index (χ4n) is 2.75. The van der Waals surface area contributed by atoms with Crippen molar-refractivity contribution in [2.24, 2.45) is 0 Å². The Morgan fingerprint density at radius 3 is 2.56 bits per heavy atom. The zero-order valence-electron chi connectivity index (χ0n) is 15.3. The van der Waals surface area contributed by atoms with Crippen molar-refractivity contribution in [1.82, 2.24) is 10.0 Å². The molecular weight excluding hydrogens is 607 g/mol. The van der Waals surface area contributed by atoms with E-state index in [9.17, 15) is 9.59 Å². The Morgan fingerprint density at radius 1 is 1.19 bits per heavy atom. The van der Waals surface area contributed by atoms with Gasteiger partial charge in [-0.1, -0.05) is 24.3 Å². The summed E-state index contributed by atoms with van der Waals surface area (Å²) < 4.78 is 3.34. The zero-order valence-corrected chi connectivity index (χ0v) is 18.5. The van der Waals surface area contributed by atoms with Crippen LogP contribution in [0.1, 0.15) is 19.3 Å². The third-order valence-corrected chi connectivity index (χ3v) is 5.00. The molecule has 0 spiro atoms. The van der Waals surface area contributed by atoms with Crippen LogP contribution >= 0.6 is 11.9 Å². The fourth-order valence-corrected chi connectivity index (χ4v) is 3.58. The van der Waals surface area contributed by atoms with E-state index in [1.165, 1.54) is 22.9 Å². The van der Waals surface area contributed by atoms with Gasteiger partial charge in [0.15, 0.2) is 0 Å². The van der Waals surface area contributed by atoms with Gasteiger partial charge in [0, 0.05) is 36.6 Å². The molecule has 1 unspecified atom stereocenters. The van der Waals surface area contributed by atoms with Gasteiger partial charge in [0.2, 0.25) is 0 Å². The van der Waals surface area contributed by atoms with Gasteiger partial charge in [-0.05, 0) is 48.7 Å². The van der Waals surface area contributed by atoms with Crippen LogP contribution in [0.2, 0.25) is 0 Å². The monoisotopic (exact) mass is 631 g/mol. The van der Waals surface area contributed by atoms with Crippen LogP contribution in [0.3, 0.4) is 0 Å². The molecule has 1 atom stereocenters. The standard InChI is InChI=1S/C19H24N3O3S.Fm/c1-22(2)17-10-5-8-15-14(17)7-6-11-18(15)26-21-12-4-3-9-16(19(24)25)20-13-23;/h5-8,10-11,16,21H,3-4,9,12H2,1-2H3,(H,20,23)(H,24,25);/q-1;. The minimum absolute atomic E-state index is 0. The number of nitrogens with zero attached hydrogens (tertiary/aromatic N) is 1. The summed E-state index contributed by atoms with van der Waals surface area (Å²) in [4.78, 5) is 24.5. The van der Waals surface area contributed by atoms with E-state index in [2.05, 4.69) is 51.3 Å². The molecule has 8 heteroatoms. The van der Waals surface area contributed by atoms with Crippen molar-refractivity contribution in [2.75, 3.05) is 25.5 Å². The maximum absolute atomic E-state index is 10.9. The number of carboxylic acids is 1. The molecule has 0 aliphatic rings. The van der Waals surface area contributed by atoms with Gasteiger partial charge in [-0.25, -0.2) is 0 Å². The minimum atomic E-state index is -1.02. The van der Waals surface area contributed by atoms with E-state index in [1.54, 1.807) is 11.9 Å². The Hall–Kier alpha value is -3.25. The molecule has 2 rings (SSSR count). The Kier molecular flexibility index (Phi) is 8.62. The predicted octanol–water partition coefficient (Wildman–Crippen LogP) is 2.78. The summed E-state index contributed by atoms with van der Waals surface area (Å²) in [5.74, 6) is -1.02. The summed E-state index contributed by atoms with van der Waals surface area (Å²) in [6.45, 7) is 0.756. The van der Waals surface area contributed by atoms with Gasteiger partial charge in [-0.2, -0.15) is 6.41 Å². The van der Waals surface area contributed by atoms with Crippen LogP contribution in [0, 0.1) is 0 Å². The molecule has 0 bridgehead atoms. The number of hydrogen-bond donors (Lipinski definition) is 3. The molecule has 0 heterocycles. The molecule has 0 fully saturated rings. The smallest absolute Gasteiger partial charge is 0.323 e. The van der Waals surface area contributed by atoms with E-state index < -0.39 is 12.0 Å². The zero-order chi connectivity index (χ0) is 18.9. The van der Waals surface area contributed by atoms with Gasteiger partial charge in [0.05, 0.1) is 6.04 Å². The summed E-state index contributed by atoms with van der Waals surface area (Å²) >= 11 is 1.58. The topological polar surface area (TPSA) is 81.7 Å². The first kappa shape index (κ1) is 21.8. The number of rotatable bonds is 11. The Morgan fingerprint density at radius 2 is 1.89 bits per heavy atom. The van der Waals surface area contributed by atoms with Crippen molar-refractivity contribution >= 4 is 40.8 Å². The summed E-state index contributed by atoms with van der Waals surface area (Å²) in [5.41, 5.74) is 1.18. The van der Waals surface area contributed by atoms with E-state index >= 15 is 0 Å². The van der Waals surface area contributed by atoms with Crippen LogP contribution in [-0.4, -0.2) is 44.2 Å². The van der Waals surface area contributed by atoms with Crippen LogP contribution in [0.15, 0.2) is 41.3 Å². The normalized spacial score (nSPS) is 11.5. The Balaban J connectivity index is 0.00000364. The van der Waals surface area contributed by atoms with Crippen LogP contribution in [0.4, 0.5) is 5.69 Å². The van der Waals surface area contributed by atoms with Crippen LogP contribution in [0.5, 0.6) is 0 Å². The number of aliphatic carboxylic acids is 1. The van der Waals surface area contributed by atoms with Crippen molar-refractivity contribution in [3.63, 3.8) is 0 Å². The van der Waals surface area contributed by atoms with Gasteiger partial charge in [0.25, 0.3) is 0 Å². The molecule has 0 radical (unpaired) electrons. The van der Waals surface area contributed by atoms with Crippen molar-refractivity contribution in [3.8, 4) is 0 Å². The van der Waals surface area contributed by atoms with E-state index in [4.69, 9.17) is 5.11 Å². The van der Waals surface area contributed by atoms with Crippen LogP contribution < -0.4 is 14.9 Å². The van der Waals surface area contributed by atoms with E-state index in [0.29, 0.717) is 12.8 Å². The summed E-state index contributed by atoms with van der Waals surface area (Å²) in [6, 6.07) is 11.7. The summed E-state index contributed by atoms with van der Waals surface area (Å²) in [6.07, 6.45) is 3.38. The number of amides is 1. The average molecular weight is 631 g/mol. The molecular formula is C19H24FmN3O3S-. The molecule has 0 aromatic heterocycles. The number of nitrogens with one attached hydrogen (secondary N) is 2. The first-order valence-electron chi connectivity index (χ1n) is 8.49. The first-order valence-corrected chi connectivity index (χ1v) is 9.30. The molecule has 1 amide bonds. The number of unbranched alkanes of at least 4 members (excludes halogenated alkanes) is 1. The van der Waals surface area contributed by atoms with Crippen molar-refractivity contribution in [3.05, 3.63) is 36.4 Å². The van der Waals surface area contributed by atoms with Gasteiger partial charge < -0.3 is 20.1 Å². The number of carbonyl (C=O) groups excluding carboxylic acids is 1. The number of anilines is 1. The van der Waals surface area contributed by atoms with Crippen molar-refractivity contribution in [2.45, 2.75) is 30.2 Å². The van der Waals surface area contributed by atoms with Gasteiger partial charge >= 0.3 is 5.97 Å². The Bertz CT molecular complexity index is 758. The number of benzene rings is 2. The second-order valence-corrected chi connectivity index (χ2v) is 7.08. The number of carbonyl (C=O) groups is 1. The van der Waals surface area contributed by atoms with Gasteiger partial charge in [-0.3, -0.25) is 9.52 Å².